The van der Waals surface area contributed by atoms with Crippen LogP contribution in [0.3, 0.4) is 0 Å². The van der Waals surface area contributed by atoms with Gasteiger partial charge in [0.05, 0.1) is 23.5 Å². The molecule has 0 bridgehead atoms. The lowest BCUT2D eigenvalue weighted by molar-refractivity contribution is -0.138. The Balaban J connectivity index is 1.46. The first kappa shape index (κ1) is 22.0. The predicted molar refractivity (Wildman–Crippen MR) is 123 cm³/mol. The van der Waals surface area contributed by atoms with E-state index in [2.05, 4.69) is 27.8 Å². The molecule has 3 N–H and O–H groups in total. The van der Waals surface area contributed by atoms with Crippen molar-refractivity contribution in [1.29, 1.82) is 0 Å². The Hall–Kier alpha value is -3.25. The van der Waals surface area contributed by atoms with E-state index in [1.54, 1.807) is 6.92 Å². The second kappa shape index (κ2) is 9.92. The molecule has 0 fully saturated rings. The zero-order chi connectivity index (χ0) is 22.5. The van der Waals surface area contributed by atoms with Crippen LogP contribution in [-0.4, -0.2) is 29.1 Å². The van der Waals surface area contributed by atoms with Crippen molar-refractivity contribution < 1.29 is 14.3 Å². The molecule has 2 heterocycles. The molecule has 1 aromatic heterocycles. The Kier molecular flexibility index (Phi) is 6.81. The summed E-state index contributed by atoms with van der Waals surface area (Å²) >= 11 is 0. The fourth-order valence-electron chi connectivity index (χ4n) is 4.33. The van der Waals surface area contributed by atoms with E-state index in [1.807, 2.05) is 42.5 Å². The summed E-state index contributed by atoms with van der Waals surface area (Å²) < 4.78 is 13.5. The van der Waals surface area contributed by atoms with Crippen LogP contribution in [0, 0.1) is 11.7 Å². The SMILES string of the molecule is C[C@@H](C(=O)O)c1cccc(CCN[C@H](c2ccccc2)[C@H]2CNc3cc(F)cnc3C2)c1. The van der Waals surface area contributed by atoms with Crippen LogP contribution in [0.15, 0.2) is 66.9 Å². The summed E-state index contributed by atoms with van der Waals surface area (Å²) in [6, 6.07) is 19.8. The molecule has 4 rings (SSSR count). The summed E-state index contributed by atoms with van der Waals surface area (Å²) in [4.78, 5) is 15.6. The third-order valence-corrected chi connectivity index (χ3v) is 6.18. The smallest absolute Gasteiger partial charge is 0.310 e. The number of anilines is 1. The molecule has 2 aromatic carbocycles. The Morgan fingerprint density at radius 2 is 1.97 bits per heavy atom. The van der Waals surface area contributed by atoms with E-state index in [-0.39, 0.29) is 17.8 Å². The number of carboxylic acids is 1. The topological polar surface area (TPSA) is 74.2 Å². The molecule has 1 aliphatic heterocycles. The van der Waals surface area contributed by atoms with Gasteiger partial charge in [-0.05, 0) is 43.0 Å². The first-order valence-electron chi connectivity index (χ1n) is 11.0. The van der Waals surface area contributed by atoms with E-state index in [1.165, 1.54) is 17.8 Å². The summed E-state index contributed by atoms with van der Waals surface area (Å²) in [6.45, 7) is 3.19. The minimum absolute atomic E-state index is 0.116. The number of carbonyl (C=O) groups is 1. The van der Waals surface area contributed by atoms with Gasteiger partial charge in [-0.2, -0.15) is 0 Å². The number of halogens is 1. The molecule has 0 unspecified atom stereocenters. The first-order valence-corrected chi connectivity index (χ1v) is 11.0. The maximum absolute atomic E-state index is 13.5. The fourth-order valence-corrected chi connectivity index (χ4v) is 4.33. The third kappa shape index (κ3) is 5.14. The largest absolute Gasteiger partial charge is 0.481 e. The second-order valence-corrected chi connectivity index (χ2v) is 8.39. The quantitative estimate of drug-likeness (QED) is 0.485. The molecule has 3 atom stereocenters. The standard InChI is InChI=1S/C26H28FN3O2/c1-17(26(31)32)20-9-5-6-18(12-20)10-11-28-25(19-7-3-2-4-8-19)21-13-23-24(29-15-21)14-22(27)16-30-23/h2-9,12,14,16-17,21,25,28-29H,10-11,13,15H2,1H3,(H,31,32)/t17-,21-,25-/m1/s1. The Morgan fingerprint density at radius 1 is 1.19 bits per heavy atom. The van der Waals surface area contributed by atoms with Crippen molar-refractivity contribution in [3.63, 3.8) is 0 Å². The lowest BCUT2D eigenvalue weighted by Gasteiger charge is -2.33. The van der Waals surface area contributed by atoms with Crippen molar-refractivity contribution in [2.45, 2.75) is 31.7 Å². The monoisotopic (exact) mass is 433 g/mol. The maximum Gasteiger partial charge on any atom is 0.310 e. The number of benzene rings is 2. The second-order valence-electron chi connectivity index (χ2n) is 8.39. The van der Waals surface area contributed by atoms with Crippen molar-refractivity contribution in [3.05, 3.63) is 95.1 Å². The van der Waals surface area contributed by atoms with Crippen LogP contribution in [0.4, 0.5) is 10.1 Å². The van der Waals surface area contributed by atoms with Gasteiger partial charge in [0.15, 0.2) is 0 Å². The van der Waals surface area contributed by atoms with Crippen LogP contribution >= 0.6 is 0 Å². The normalized spacial score (nSPS) is 17.1. The summed E-state index contributed by atoms with van der Waals surface area (Å²) in [5, 5.41) is 16.3. The molecule has 0 radical (unpaired) electrons. The van der Waals surface area contributed by atoms with Crippen molar-refractivity contribution in [2.75, 3.05) is 18.4 Å². The molecule has 0 spiro atoms. The average Bonchev–Trinajstić information content (AvgIpc) is 2.82. The molecule has 166 valence electrons. The fraction of sp³-hybridized carbons (Fsp3) is 0.308. The van der Waals surface area contributed by atoms with E-state index in [4.69, 9.17) is 0 Å². The van der Waals surface area contributed by atoms with Gasteiger partial charge in [-0.15, -0.1) is 0 Å². The van der Waals surface area contributed by atoms with Crippen molar-refractivity contribution in [3.8, 4) is 0 Å². The molecular weight excluding hydrogens is 405 g/mol. The zero-order valence-electron chi connectivity index (χ0n) is 18.1. The van der Waals surface area contributed by atoms with Gasteiger partial charge in [0.2, 0.25) is 0 Å². The van der Waals surface area contributed by atoms with Gasteiger partial charge >= 0.3 is 5.97 Å². The average molecular weight is 434 g/mol. The molecule has 0 saturated heterocycles. The van der Waals surface area contributed by atoms with Gasteiger partial charge in [0.1, 0.15) is 5.82 Å². The number of pyridine rings is 1. The number of nitrogens with one attached hydrogen (secondary N) is 2. The van der Waals surface area contributed by atoms with E-state index < -0.39 is 11.9 Å². The number of aliphatic carboxylic acids is 1. The minimum atomic E-state index is -0.817. The van der Waals surface area contributed by atoms with E-state index in [9.17, 15) is 14.3 Å². The number of carboxylic acid groups (broad SMARTS) is 1. The summed E-state index contributed by atoms with van der Waals surface area (Å²) in [7, 11) is 0. The van der Waals surface area contributed by atoms with Gasteiger partial charge in [0, 0.05) is 24.6 Å². The molecule has 0 saturated carbocycles. The van der Waals surface area contributed by atoms with Gasteiger partial charge in [0.25, 0.3) is 0 Å². The highest BCUT2D eigenvalue weighted by Crippen LogP contribution is 2.31. The minimum Gasteiger partial charge on any atom is -0.481 e. The summed E-state index contributed by atoms with van der Waals surface area (Å²) in [6.07, 6.45) is 2.84. The van der Waals surface area contributed by atoms with Gasteiger partial charge < -0.3 is 15.7 Å². The van der Waals surface area contributed by atoms with Crippen molar-refractivity contribution in [1.82, 2.24) is 10.3 Å². The molecule has 1 aliphatic rings. The highest BCUT2D eigenvalue weighted by molar-refractivity contribution is 5.75. The Bertz CT molecular complexity index is 1070. The van der Waals surface area contributed by atoms with Crippen LogP contribution in [0.25, 0.3) is 0 Å². The van der Waals surface area contributed by atoms with Crippen LogP contribution in [-0.2, 0) is 17.6 Å². The number of hydrogen-bond acceptors (Lipinski definition) is 4. The molecule has 3 aromatic rings. The maximum atomic E-state index is 13.5. The zero-order valence-corrected chi connectivity index (χ0v) is 18.1. The Morgan fingerprint density at radius 3 is 2.75 bits per heavy atom. The summed E-state index contributed by atoms with van der Waals surface area (Å²) in [5.74, 6) is -1.40. The molecule has 5 nitrogen and oxygen atoms in total. The van der Waals surface area contributed by atoms with Crippen molar-refractivity contribution >= 4 is 11.7 Å². The highest BCUT2D eigenvalue weighted by Gasteiger charge is 2.28. The molecule has 0 amide bonds. The van der Waals surface area contributed by atoms with Crippen LogP contribution in [0.1, 0.15) is 41.3 Å². The highest BCUT2D eigenvalue weighted by atomic mass is 19.1. The lowest BCUT2D eigenvalue weighted by Crippen LogP contribution is -2.37. The number of rotatable bonds is 8. The first-order chi connectivity index (χ1) is 15.5. The van der Waals surface area contributed by atoms with E-state index in [0.717, 1.165) is 48.4 Å². The lowest BCUT2D eigenvalue weighted by atomic mass is 9.86. The van der Waals surface area contributed by atoms with Crippen LogP contribution in [0.5, 0.6) is 0 Å². The summed E-state index contributed by atoms with van der Waals surface area (Å²) in [5.41, 5.74) is 4.80. The predicted octanol–water partition coefficient (Wildman–Crippen LogP) is 4.57. The van der Waals surface area contributed by atoms with E-state index >= 15 is 0 Å². The number of aromatic nitrogens is 1. The van der Waals surface area contributed by atoms with Crippen molar-refractivity contribution in [2.24, 2.45) is 5.92 Å². The van der Waals surface area contributed by atoms with E-state index in [0.29, 0.717) is 0 Å². The van der Waals surface area contributed by atoms with Gasteiger partial charge in [-0.25, -0.2) is 4.39 Å². The Labute approximate surface area is 187 Å². The molecule has 6 heteroatoms. The number of nitrogens with zero attached hydrogens (tertiary/aromatic N) is 1. The van der Waals surface area contributed by atoms with Crippen LogP contribution < -0.4 is 10.6 Å². The molecule has 0 aliphatic carbocycles. The third-order valence-electron chi connectivity index (χ3n) is 6.18. The number of hydrogen-bond donors (Lipinski definition) is 3. The van der Waals surface area contributed by atoms with Gasteiger partial charge in [-0.1, -0.05) is 54.6 Å². The molecule has 32 heavy (non-hydrogen) atoms. The van der Waals surface area contributed by atoms with Gasteiger partial charge in [-0.3, -0.25) is 9.78 Å². The molecular formula is C26H28FN3O2. The van der Waals surface area contributed by atoms with Crippen LogP contribution in [0.2, 0.25) is 0 Å². The number of fused-ring (bicyclic) bond motifs is 1.